The van der Waals surface area contributed by atoms with Gasteiger partial charge in [0.2, 0.25) is 0 Å². The Morgan fingerprint density at radius 1 is 1.44 bits per heavy atom. The third kappa shape index (κ3) is 0.884. The monoisotopic (exact) mass is 125 g/mol. The van der Waals surface area contributed by atoms with Gasteiger partial charge in [-0.05, 0) is 12.8 Å². The van der Waals surface area contributed by atoms with Crippen molar-refractivity contribution in [2.75, 3.05) is 6.61 Å². The minimum Gasteiger partial charge on any atom is -0.236 e. The first-order chi connectivity index (χ1) is 4.47. The molecule has 0 aromatic rings. The van der Waals surface area contributed by atoms with Crippen LogP contribution in [-0.4, -0.2) is 12.7 Å². The average Bonchev–Trinajstić information content (AvgIpc) is 2.33. The smallest absolute Gasteiger partial charge is 0.115 e. The molecule has 9 heavy (non-hydrogen) atoms. The molecule has 2 atom stereocenters. The van der Waals surface area contributed by atoms with Crippen molar-refractivity contribution in [1.29, 1.82) is 0 Å². The average molecular weight is 125 g/mol. The molecule has 2 nitrogen and oxygen atoms in total. The number of rotatable bonds is 0. The van der Waals surface area contributed by atoms with Crippen LogP contribution < -0.4 is 0 Å². The second-order valence-electron chi connectivity index (χ2n) is 2.41. The summed E-state index contributed by atoms with van der Waals surface area (Å²) in [6.45, 7) is 0.735. The Labute approximate surface area is 54.4 Å². The maximum atomic E-state index is 4.98. The van der Waals surface area contributed by atoms with E-state index in [1.54, 1.807) is 0 Å². The molecule has 2 aliphatic rings. The van der Waals surface area contributed by atoms with Crippen molar-refractivity contribution in [3.63, 3.8) is 0 Å². The van der Waals surface area contributed by atoms with E-state index >= 15 is 0 Å². The van der Waals surface area contributed by atoms with Crippen molar-refractivity contribution < 1.29 is 9.78 Å². The lowest BCUT2D eigenvalue weighted by Gasteiger charge is -2.23. The first-order valence-electron chi connectivity index (χ1n) is 3.27. The van der Waals surface area contributed by atoms with E-state index < -0.39 is 0 Å². The minimum atomic E-state index is 0.207. The largest absolute Gasteiger partial charge is 0.236 e. The van der Waals surface area contributed by atoms with Gasteiger partial charge in [0, 0.05) is 5.92 Å². The zero-order chi connectivity index (χ0) is 6.10. The Kier molecular flexibility index (Phi) is 1.28. The van der Waals surface area contributed by atoms with Crippen molar-refractivity contribution in [3.05, 3.63) is 18.6 Å². The highest BCUT2D eigenvalue weighted by atomic mass is 17.2. The van der Waals surface area contributed by atoms with Crippen LogP contribution in [0.3, 0.4) is 0 Å². The van der Waals surface area contributed by atoms with E-state index in [2.05, 4.69) is 6.42 Å². The molecule has 0 amide bonds. The summed E-state index contributed by atoms with van der Waals surface area (Å²) in [5, 5.41) is 0. The van der Waals surface area contributed by atoms with E-state index in [-0.39, 0.29) is 6.10 Å². The first kappa shape index (κ1) is 5.45. The molecule has 2 unspecified atom stereocenters. The predicted octanol–water partition coefficient (Wildman–Crippen LogP) is 1.10. The molecule has 1 radical (unpaired) electrons. The summed E-state index contributed by atoms with van der Waals surface area (Å²) in [6.07, 6.45) is 7.55. The van der Waals surface area contributed by atoms with Crippen LogP contribution in [0.15, 0.2) is 12.2 Å². The molecular weight excluding hydrogens is 116 g/mol. The fourth-order valence-corrected chi connectivity index (χ4v) is 1.24. The zero-order valence-electron chi connectivity index (χ0n) is 5.12. The molecule has 1 aliphatic heterocycles. The van der Waals surface area contributed by atoms with Crippen LogP contribution in [0.5, 0.6) is 0 Å². The van der Waals surface area contributed by atoms with Crippen molar-refractivity contribution in [2.24, 2.45) is 5.92 Å². The molecule has 1 heterocycles. The van der Waals surface area contributed by atoms with Gasteiger partial charge in [-0.15, -0.1) is 0 Å². The van der Waals surface area contributed by atoms with E-state index in [9.17, 15) is 0 Å². The van der Waals surface area contributed by atoms with E-state index in [0.29, 0.717) is 5.92 Å². The van der Waals surface area contributed by atoms with Gasteiger partial charge in [0.15, 0.2) is 0 Å². The minimum absolute atomic E-state index is 0.207. The summed E-state index contributed by atoms with van der Waals surface area (Å²) in [5.74, 6) is 0.582. The molecule has 0 bridgehead atoms. The van der Waals surface area contributed by atoms with Crippen LogP contribution in [-0.2, 0) is 9.78 Å². The highest BCUT2D eigenvalue weighted by Crippen LogP contribution is 2.27. The summed E-state index contributed by atoms with van der Waals surface area (Å²) < 4.78 is 0. The maximum absolute atomic E-state index is 4.98. The van der Waals surface area contributed by atoms with Crippen molar-refractivity contribution in [1.82, 2.24) is 0 Å². The summed E-state index contributed by atoms with van der Waals surface area (Å²) in [5.41, 5.74) is 0. The third-order valence-corrected chi connectivity index (χ3v) is 1.79. The highest BCUT2D eigenvalue weighted by Gasteiger charge is 2.27. The number of hydrogen-bond donors (Lipinski definition) is 0. The van der Waals surface area contributed by atoms with Crippen LogP contribution >= 0.6 is 0 Å². The van der Waals surface area contributed by atoms with Crippen molar-refractivity contribution in [3.8, 4) is 0 Å². The second-order valence-corrected chi connectivity index (χ2v) is 2.41. The molecule has 2 rings (SSSR count). The van der Waals surface area contributed by atoms with Gasteiger partial charge in [-0.25, -0.2) is 9.78 Å². The number of allylic oxidation sites excluding steroid dienone is 1. The lowest BCUT2D eigenvalue weighted by molar-refractivity contribution is -0.342. The van der Waals surface area contributed by atoms with Crippen molar-refractivity contribution >= 4 is 0 Å². The van der Waals surface area contributed by atoms with Gasteiger partial charge in [-0.1, -0.05) is 12.2 Å². The van der Waals surface area contributed by atoms with Crippen LogP contribution in [0.2, 0.25) is 0 Å². The summed E-state index contributed by atoms with van der Waals surface area (Å²) >= 11 is 0. The maximum Gasteiger partial charge on any atom is 0.115 e. The quantitative estimate of drug-likeness (QED) is 0.451. The number of hydrogen-bond acceptors (Lipinski definition) is 2. The molecule has 0 spiro atoms. The normalized spacial score (nSPS) is 40.9. The molecule has 0 aromatic carbocycles. The Morgan fingerprint density at radius 3 is 3.33 bits per heavy atom. The molecule has 0 aromatic heterocycles. The molecular formula is C7H9O2. The first-order valence-corrected chi connectivity index (χ1v) is 3.27. The van der Waals surface area contributed by atoms with Gasteiger partial charge in [-0.3, -0.25) is 0 Å². The molecule has 0 saturated carbocycles. The van der Waals surface area contributed by atoms with Crippen LogP contribution in [0, 0.1) is 12.3 Å². The Morgan fingerprint density at radius 2 is 2.44 bits per heavy atom. The van der Waals surface area contributed by atoms with Crippen LogP contribution in [0.25, 0.3) is 0 Å². The Balaban J connectivity index is 2.03. The standard InChI is InChI=1S/C7H9O2/c1-2-6-4-5-8-9-7(6)3-1/h1-3,6-7H,4-5H2. The number of fused-ring (bicyclic) bond motifs is 1. The fraction of sp³-hybridized carbons (Fsp3) is 0.571. The Bertz CT molecular complexity index is 131. The highest BCUT2D eigenvalue weighted by molar-refractivity contribution is 5.14. The summed E-state index contributed by atoms with van der Waals surface area (Å²) in [7, 11) is 0. The summed E-state index contributed by atoms with van der Waals surface area (Å²) in [4.78, 5) is 9.80. The van der Waals surface area contributed by atoms with Gasteiger partial charge >= 0.3 is 0 Å². The lowest BCUT2D eigenvalue weighted by atomic mass is 10.0. The van der Waals surface area contributed by atoms with E-state index in [1.165, 1.54) is 0 Å². The van der Waals surface area contributed by atoms with Crippen LogP contribution in [0.1, 0.15) is 6.42 Å². The van der Waals surface area contributed by atoms with Gasteiger partial charge in [0.1, 0.15) is 6.10 Å². The summed E-state index contributed by atoms with van der Waals surface area (Å²) in [6, 6.07) is 0. The van der Waals surface area contributed by atoms with Gasteiger partial charge in [0.05, 0.1) is 6.61 Å². The zero-order valence-corrected chi connectivity index (χ0v) is 5.12. The van der Waals surface area contributed by atoms with Gasteiger partial charge in [0.25, 0.3) is 0 Å². The van der Waals surface area contributed by atoms with Gasteiger partial charge < -0.3 is 0 Å². The van der Waals surface area contributed by atoms with E-state index in [0.717, 1.165) is 13.0 Å². The second kappa shape index (κ2) is 2.12. The lowest BCUT2D eigenvalue weighted by Crippen LogP contribution is -2.25. The Hall–Kier alpha value is -0.340. The SMILES string of the molecule is [CH]1C=CC2OOCCC12. The molecule has 1 aliphatic carbocycles. The van der Waals surface area contributed by atoms with Crippen LogP contribution in [0.4, 0.5) is 0 Å². The molecule has 2 heteroatoms. The van der Waals surface area contributed by atoms with Crippen molar-refractivity contribution in [2.45, 2.75) is 12.5 Å². The molecule has 1 fully saturated rings. The molecule has 49 valence electrons. The molecule has 0 N–H and O–H groups in total. The van der Waals surface area contributed by atoms with E-state index in [1.807, 2.05) is 12.2 Å². The topological polar surface area (TPSA) is 18.5 Å². The van der Waals surface area contributed by atoms with Gasteiger partial charge in [-0.2, -0.15) is 0 Å². The predicted molar refractivity (Wildman–Crippen MR) is 32.4 cm³/mol. The fourth-order valence-electron chi connectivity index (χ4n) is 1.24. The third-order valence-electron chi connectivity index (χ3n) is 1.79. The molecule has 1 saturated heterocycles. The van der Waals surface area contributed by atoms with E-state index in [4.69, 9.17) is 9.78 Å².